The van der Waals surface area contributed by atoms with Gasteiger partial charge in [0.25, 0.3) is 5.91 Å². The van der Waals surface area contributed by atoms with Crippen molar-refractivity contribution in [3.8, 4) is 16.9 Å². The summed E-state index contributed by atoms with van der Waals surface area (Å²) in [7, 11) is 0. The molecule has 2 heterocycles. The van der Waals surface area contributed by atoms with Crippen LogP contribution in [0.3, 0.4) is 0 Å². The average molecular weight is 404 g/mol. The molecule has 0 fully saturated rings. The molecule has 0 radical (unpaired) electrons. The van der Waals surface area contributed by atoms with E-state index in [4.69, 9.17) is 0 Å². The number of hydrogen-bond acceptors (Lipinski definition) is 6. The Kier molecular flexibility index (Phi) is 5.44. The fourth-order valence-corrected chi connectivity index (χ4v) is 3.88. The van der Waals surface area contributed by atoms with Crippen LogP contribution < -0.4 is 5.32 Å². The van der Waals surface area contributed by atoms with Gasteiger partial charge >= 0.3 is 0 Å². The van der Waals surface area contributed by atoms with Crippen LogP contribution >= 0.6 is 11.3 Å². The third-order valence-corrected chi connectivity index (χ3v) is 5.41. The smallest absolute Gasteiger partial charge is 0.257 e. The first-order chi connectivity index (χ1) is 14.1. The average Bonchev–Trinajstić information content (AvgIpc) is 3.39. The molecule has 1 amide bonds. The van der Waals surface area contributed by atoms with E-state index < -0.39 is 0 Å². The maximum Gasteiger partial charge on any atom is 0.257 e. The Morgan fingerprint density at radius 2 is 1.86 bits per heavy atom. The molecule has 4 aromatic rings. The summed E-state index contributed by atoms with van der Waals surface area (Å²) >= 11 is 1.47. The first kappa shape index (κ1) is 18.9. The van der Waals surface area contributed by atoms with Gasteiger partial charge in [0.1, 0.15) is 6.33 Å². The molecule has 2 aromatic heterocycles. The molecular weight excluding hydrogens is 384 g/mol. The number of thiazole rings is 1. The molecule has 0 saturated heterocycles. The predicted molar refractivity (Wildman–Crippen MR) is 113 cm³/mol. The Morgan fingerprint density at radius 3 is 2.52 bits per heavy atom. The Labute approximate surface area is 172 Å². The number of hydrogen-bond donors (Lipinski definition) is 1. The number of rotatable bonds is 6. The molecular formula is C21H20N6OS. The van der Waals surface area contributed by atoms with Gasteiger partial charge in [0.15, 0.2) is 5.13 Å². The zero-order valence-corrected chi connectivity index (χ0v) is 17.0. The number of amides is 1. The summed E-state index contributed by atoms with van der Waals surface area (Å²) in [5.74, 6) is -0.202. The molecule has 0 aliphatic carbocycles. The van der Waals surface area contributed by atoms with Crippen molar-refractivity contribution in [2.45, 2.75) is 26.7 Å². The lowest BCUT2D eigenvalue weighted by atomic mass is 10.1. The lowest BCUT2D eigenvalue weighted by Crippen LogP contribution is -2.11. The number of nitrogens with one attached hydrogen (secondary N) is 1. The van der Waals surface area contributed by atoms with E-state index in [0.717, 1.165) is 34.7 Å². The highest BCUT2D eigenvalue weighted by molar-refractivity contribution is 7.16. The number of aryl methyl sites for hydroxylation is 2. The molecule has 0 atom stereocenters. The standard InChI is InChI=1S/C21H20N6OS/c1-3-4-15-5-7-16(8-6-15)19-14(2)29-21(23-19)24-20(28)17-9-11-18(12-10-17)27-13-22-25-26-27/h5-13H,3-4H2,1-2H3,(H,23,24,28). The van der Waals surface area contributed by atoms with E-state index in [-0.39, 0.29) is 5.91 Å². The summed E-state index contributed by atoms with van der Waals surface area (Å²) in [4.78, 5) is 18.3. The molecule has 0 bridgehead atoms. The maximum atomic E-state index is 12.6. The second-order valence-electron chi connectivity index (χ2n) is 6.63. The van der Waals surface area contributed by atoms with Crippen LogP contribution in [0.2, 0.25) is 0 Å². The zero-order chi connectivity index (χ0) is 20.2. The highest BCUT2D eigenvalue weighted by atomic mass is 32.1. The van der Waals surface area contributed by atoms with Crippen LogP contribution in [0, 0.1) is 6.92 Å². The van der Waals surface area contributed by atoms with E-state index in [1.165, 1.54) is 27.9 Å². The zero-order valence-electron chi connectivity index (χ0n) is 16.2. The number of benzene rings is 2. The molecule has 29 heavy (non-hydrogen) atoms. The molecule has 8 heteroatoms. The highest BCUT2D eigenvalue weighted by Crippen LogP contribution is 2.31. The van der Waals surface area contributed by atoms with Crippen LogP contribution in [0.15, 0.2) is 54.9 Å². The third-order valence-electron chi connectivity index (χ3n) is 4.53. The topological polar surface area (TPSA) is 85.6 Å². The van der Waals surface area contributed by atoms with Gasteiger partial charge in [-0.15, -0.1) is 16.4 Å². The Balaban J connectivity index is 1.48. The highest BCUT2D eigenvalue weighted by Gasteiger charge is 2.13. The fourth-order valence-electron chi connectivity index (χ4n) is 3.05. The third kappa shape index (κ3) is 4.22. The fraction of sp³-hybridized carbons (Fsp3) is 0.190. The van der Waals surface area contributed by atoms with Crippen molar-refractivity contribution >= 4 is 22.4 Å². The number of carbonyl (C=O) groups excluding carboxylic acids is 1. The summed E-state index contributed by atoms with van der Waals surface area (Å²) in [5.41, 5.74) is 4.61. The largest absolute Gasteiger partial charge is 0.298 e. The normalized spacial score (nSPS) is 10.8. The minimum atomic E-state index is -0.202. The van der Waals surface area contributed by atoms with Gasteiger partial charge in [-0.25, -0.2) is 9.67 Å². The van der Waals surface area contributed by atoms with E-state index in [2.05, 4.69) is 57.0 Å². The van der Waals surface area contributed by atoms with Gasteiger partial charge in [-0.3, -0.25) is 10.1 Å². The van der Waals surface area contributed by atoms with Crippen molar-refractivity contribution in [1.82, 2.24) is 25.2 Å². The predicted octanol–water partition coefficient (Wildman–Crippen LogP) is 4.30. The number of aromatic nitrogens is 5. The monoisotopic (exact) mass is 404 g/mol. The Hall–Kier alpha value is -3.39. The van der Waals surface area contributed by atoms with Crippen LogP contribution in [-0.2, 0) is 6.42 Å². The van der Waals surface area contributed by atoms with Crippen LogP contribution in [0.25, 0.3) is 16.9 Å². The summed E-state index contributed by atoms with van der Waals surface area (Å²) in [6.07, 6.45) is 3.70. The maximum absolute atomic E-state index is 12.6. The van der Waals surface area contributed by atoms with Crippen LogP contribution in [-0.4, -0.2) is 31.1 Å². The van der Waals surface area contributed by atoms with Gasteiger partial charge in [0, 0.05) is 16.0 Å². The molecule has 0 spiro atoms. The van der Waals surface area contributed by atoms with E-state index >= 15 is 0 Å². The molecule has 146 valence electrons. The molecule has 2 aromatic carbocycles. The van der Waals surface area contributed by atoms with Crippen LogP contribution in [0.5, 0.6) is 0 Å². The van der Waals surface area contributed by atoms with E-state index in [1.54, 1.807) is 24.3 Å². The van der Waals surface area contributed by atoms with Crippen molar-refractivity contribution in [2.75, 3.05) is 5.32 Å². The summed E-state index contributed by atoms with van der Waals surface area (Å²) in [5, 5.41) is 14.5. The molecule has 0 saturated carbocycles. The molecule has 4 rings (SSSR count). The second-order valence-corrected chi connectivity index (χ2v) is 7.83. The Morgan fingerprint density at radius 1 is 1.10 bits per heavy atom. The number of nitrogens with zero attached hydrogens (tertiary/aromatic N) is 5. The van der Waals surface area contributed by atoms with Gasteiger partial charge in [0.05, 0.1) is 11.4 Å². The van der Waals surface area contributed by atoms with Gasteiger partial charge in [-0.1, -0.05) is 37.6 Å². The van der Waals surface area contributed by atoms with Gasteiger partial charge in [-0.2, -0.15) is 0 Å². The lowest BCUT2D eigenvalue weighted by molar-refractivity contribution is 0.102. The molecule has 0 aliphatic rings. The number of anilines is 1. The first-order valence-corrected chi connectivity index (χ1v) is 10.2. The van der Waals surface area contributed by atoms with Gasteiger partial charge < -0.3 is 0 Å². The Bertz CT molecular complexity index is 1100. The SMILES string of the molecule is CCCc1ccc(-c2nc(NC(=O)c3ccc(-n4cnnn4)cc3)sc2C)cc1. The summed E-state index contributed by atoms with van der Waals surface area (Å²) < 4.78 is 1.53. The van der Waals surface area contributed by atoms with Crippen molar-refractivity contribution in [2.24, 2.45) is 0 Å². The molecule has 0 aliphatic heterocycles. The van der Waals surface area contributed by atoms with Gasteiger partial charge in [0.2, 0.25) is 0 Å². The molecule has 1 N–H and O–H groups in total. The van der Waals surface area contributed by atoms with Crippen molar-refractivity contribution in [1.29, 1.82) is 0 Å². The minimum Gasteiger partial charge on any atom is -0.298 e. The molecule has 0 unspecified atom stereocenters. The van der Waals surface area contributed by atoms with Crippen molar-refractivity contribution in [3.63, 3.8) is 0 Å². The lowest BCUT2D eigenvalue weighted by Gasteiger charge is -2.04. The van der Waals surface area contributed by atoms with Crippen LogP contribution in [0.4, 0.5) is 5.13 Å². The second kappa shape index (κ2) is 8.32. The number of tetrazole rings is 1. The van der Waals surface area contributed by atoms with Crippen molar-refractivity contribution in [3.05, 3.63) is 70.9 Å². The summed E-state index contributed by atoms with van der Waals surface area (Å²) in [6, 6.07) is 15.5. The van der Waals surface area contributed by atoms with Crippen LogP contribution in [0.1, 0.15) is 34.1 Å². The van der Waals surface area contributed by atoms with Gasteiger partial charge in [-0.05, 0) is 53.6 Å². The minimum absolute atomic E-state index is 0.202. The first-order valence-electron chi connectivity index (χ1n) is 9.35. The quantitative estimate of drug-likeness (QED) is 0.518. The van der Waals surface area contributed by atoms with E-state index in [0.29, 0.717) is 10.7 Å². The van der Waals surface area contributed by atoms with Crippen molar-refractivity contribution < 1.29 is 4.79 Å². The molecule has 7 nitrogen and oxygen atoms in total. The summed E-state index contributed by atoms with van der Waals surface area (Å²) in [6.45, 7) is 4.19. The number of carbonyl (C=O) groups is 1. The van der Waals surface area contributed by atoms with E-state index in [1.807, 2.05) is 6.92 Å². The van der Waals surface area contributed by atoms with E-state index in [9.17, 15) is 4.79 Å².